The second-order valence-corrected chi connectivity index (χ2v) is 4.98. The number of rotatable bonds is 6. The average Bonchev–Trinajstić information content (AvgIpc) is 2.28. The maximum atomic E-state index is 4.22. The van der Waals surface area contributed by atoms with Crippen LogP contribution in [0.2, 0.25) is 0 Å². The van der Waals surface area contributed by atoms with Crippen LogP contribution in [-0.2, 0) is 0 Å². The van der Waals surface area contributed by atoms with Crippen molar-refractivity contribution < 1.29 is 0 Å². The maximum Gasteiger partial charge on any atom is 0.222 e. The zero-order valence-electron chi connectivity index (χ0n) is 11.3. The van der Waals surface area contributed by atoms with Crippen LogP contribution in [0.1, 0.15) is 32.8 Å². The summed E-state index contributed by atoms with van der Waals surface area (Å²) >= 11 is 0. The average molecular weight is 233 g/mol. The molecule has 0 aliphatic carbocycles. The molecule has 0 bridgehead atoms. The summed E-state index contributed by atoms with van der Waals surface area (Å²) in [5, 5.41) is 3.25. The van der Waals surface area contributed by atoms with Crippen molar-refractivity contribution >= 4 is 5.95 Å². The largest absolute Gasteiger partial charge is 0.354 e. The van der Waals surface area contributed by atoms with Gasteiger partial charge in [-0.3, -0.25) is 0 Å². The number of aromatic nitrogens is 2. The van der Waals surface area contributed by atoms with E-state index in [0.717, 1.165) is 24.5 Å². The Bertz CT molecular complexity index is 341. The number of nitrogens with zero attached hydrogens (tertiary/aromatic N) is 2. The SMILES string of the molecule is Cc1cnc(NCC(C)C/C=C\C(C)C)nc1. The van der Waals surface area contributed by atoms with Gasteiger partial charge in [0.15, 0.2) is 0 Å². The molecule has 1 aromatic heterocycles. The van der Waals surface area contributed by atoms with Crippen molar-refractivity contribution in [2.24, 2.45) is 11.8 Å². The van der Waals surface area contributed by atoms with E-state index in [4.69, 9.17) is 0 Å². The van der Waals surface area contributed by atoms with E-state index in [1.807, 2.05) is 19.3 Å². The van der Waals surface area contributed by atoms with Gasteiger partial charge >= 0.3 is 0 Å². The van der Waals surface area contributed by atoms with Gasteiger partial charge in [0.1, 0.15) is 0 Å². The molecule has 1 aromatic rings. The van der Waals surface area contributed by atoms with E-state index in [-0.39, 0.29) is 0 Å². The molecule has 3 nitrogen and oxygen atoms in total. The number of hydrogen-bond acceptors (Lipinski definition) is 3. The van der Waals surface area contributed by atoms with Gasteiger partial charge in [-0.25, -0.2) is 9.97 Å². The van der Waals surface area contributed by atoms with E-state index in [0.29, 0.717) is 11.8 Å². The summed E-state index contributed by atoms with van der Waals surface area (Å²) in [6.07, 6.45) is 9.26. The topological polar surface area (TPSA) is 37.8 Å². The molecule has 0 amide bonds. The molecule has 0 aliphatic rings. The molecule has 0 spiro atoms. The smallest absolute Gasteiger partial charge is 0.222 e. The first-order chi connectivity index (χ1) is 8.08. The van der Waals surface area contributed by atoms with Gasteiger partial charge in [0.25, 0.3) is 0 Å². The van der Waals surface area contributed by atoms with Crippen molar-refractivity contribution in [3.8, 4) is 0 Å². The highest BCUT2D eigenvalue weighted by Gasteiger charge is 2.01. The first-order valence-electron chi connectivity index (χ1n) is 6.27. The van der Waals surface area contributed by atoms with Crippen LogP contribution in [-0.4, -0.2) is 16.5 Å². The molecule has 1 unspecified atom stereocenters. The fraction of sp³-hybridized carbons (Fsp3) is 0.571. The lowest BCUT2D eigenvalue weighted by Crippen LogP contribution is -2.12. The fourth-order valence-electron chi connectivity index (χ4n) is 1.42. The number of aryl methyl sites for hydroxylation is 1. The minimum absolute atomic E-state index is 0.593. The van der Waals surface area contributed by atoms with Crippen LogP contribution >= 0.6 is 0 Å². The minimum Gasteiger partial charge on any atom is -0.354 e. The first kappa shape index (κ1) is 13.7. The van der Waals surface area contributed by atoms with Gasteiger partial charge in [-0.05, 0) is 30.7 Å². The van der Waals surface area contributed by atoms with Gasteiger partial charge in [-0.1, -0.05) is 32.9 Å². The lowest BCUT2D eigenvalue weighted by Gasteiger charge is -2.10. The predicted molar refractivity (Wildman–Crippen MR) is 73.0 cm³/mol. The van der Waals surface area contributed by atoms with Crippen LogP contribution in [0.25, 0.3) is 0 Å². The molecule has 1 atom stereocenters. The van der Waals surface area contributed by atoms with Gasteiger partial charge < -0.3 is 5.32 Å². The number of hydrogen-bond donors (Lipinski definition) is 1. The standard InChI is InChI=1S/C14H23N3/c1-11(2)6-5-7-12(3)8-15-14-16-9-13(4)10-17-14/h5-6,9-12H,7-8H2,1-4H3,(H,15,16,17)/b6-5-. The monoisotopic (exact) mass is 233 g/mol. The number of nitrogens with one attached hydrogen (secondary N) is 1. The number of anilines is 1. The third kappa shape index (κ3) is 6.05. The molecule has 0 saturated heterocycles. The van der Waals surface area contributed by atoms with E-state index in [1.54, 1.807) is 0 Å². The molecule has 1 rings (SSSR count). The van der Waals surface area contributed by atoms with Crippen molar-refractivity contribution in [1.29, 1.82) is 0 Å². The molecule has 3 heteroatoms. The highest BCUT2D eigenvalue weighted by atomic mass is 15.1. The Balaban J connectivity index is 2.28. The summed E-state index contributed by atoms with van der Waals surface area (Å²) in [6, 6.07) is 0. The van der Waals surface area contributed by atoms with E-state index in [9.17, 15) is 0 Å². The molecule has 0 aromatic carbocycles. The molecule has 0 saturated carbocycles. The Morgan fingerprint density at radius 3 is 2.47 bits per heavy atom. The fourth-order valence-corrected chi connectivity index (χ4v) is 1.42. The van der Waals surface area contributed by atoms with Gasteiger partial charge in [0.2, 0.25) is 5.95 Å². The summed E-state index contributed by atoms with van der Waals surface area (Å²) in [5.41, 5.74) is 1.09. The third-order valence-electron chi connectivity index (χ3n) is 2.45. The second-order valence-electron chi connectivity index (χ2n) is 4.98. The zero-order valence-corrected chi connectivity index (χ0v) is 11.3. The summed E-state index contributed by atoms with van der Waals surface area (Å²) in [6.45, 7) is 9.51. The Morgan fingerprint density at radius 2 is 1.88 bits per heavy atom. The molecule has 0 aliphatic heterocycles. The van der Waals surface area contributed by atoms with Crippen LogP contribution in [0.4, 0.5) is 5.95 Å². The van der Waals surface area contributed by atoms with E-state index in [2.05, 4.69) is 48.2 Å². The van der Waals surface area contributed by atoms with Crippen molar-refractivity contribution in [2.75, 3.05) is 11.9 Å². The molecule has 1 N–H and O–H groups in total. The van der Waals surface area contributed by atoms with E-state index in [1.165, 1.54) is 0 Å². The van der Waals surface area contributed by atoms with Gasteiger partial charge in [0, 0.05) is 18.9 Å². The van der Waals surface area contributed by atoms with E-state index < -0.39 is 0 Å². The first-order valence-corrected chi connectivity index (χ1v) is 6.27. The van der Waals surface area contributed by atoms with Crippen LogP contribution in [0.15, 0.2) is 24.5 Å². The Labute approximate surface area is 104 Å². The highest BCUT2D eigenvalue weighted by molar-refractivity contribution is 5.24. The second kappa shape index (κ2) is 7.05. The van der Waals surface area contributed by atoms with Crippen LogP contribution in [0.3, 0.4) is 0 Å². The molecular weight excluding hydrogens is 210 g/mol. The summed E-state index contributed by atoms with van der Waals surface area (Å²) in [4.78, 5) is 8.44. The Hall–Kier alpha value is -1.38. The van der Waals surface area contributed by atoms with Crippen molar-refractivity contribution in [2.45, 2.75) is 34.1 Å². The van der Waals surface area contributed by atoms with Gasteiger partial charge in [-0.2, -0.15) is 0 Å². The molecule has 94 valence electrons. The highest BCUT2D eigenvalue weighted by Crippen LogP contribution is 2.06. The Kier molecular flexibility index (Phi) is 5.67. The molecule has 0 radical (unpaired) electrons. The summed E-state index contributed by atoms with van der Waals surface area (Å²) in [5.74, 6) is 1.95. The lowest BCUT2D eigenvalue weighted by molar-refractivity contribution is 0.620. The normalized spacial score (nSPS) is 13.2. The quantitative estimate of drug-likeness (QED) is 0.765. The van der Waals surface area contributed by atoms with Gasteiger partial charge in [0.05, 0.1) is 0 Å². The zero-order chi connectivity index (χ0) is 12.7. The minimum atomic E-state index is 0.593. The molecule has 1 heterocycles. The molecule has 0 fully saturated rings. The number of allylic oxidation sites excluding steroid dienone is 2. The van der Waals surface area contributed by atoms with Gasteiger partial charge in [-0.15, -0.1) is 0 Å². The van der Waals surface area contributed by atoms with Crippen molar-refractivity contribution in [3.05, 3.63) is 30.1 Å². The van der Waals surface area contributed by atoms with Crippen LogP contribution in [0, 0.1) is 18.8 Å². The van der Waals surface area contributed by atoms with E-state index >= 15 is 0 Å². The lowest BCUT2D eigenvalue weighted by atomic mass is 10.1. The Morgan fingerprint density at radius 1 is 1.24 bits per heavy atom. The molecule has 17 heavy (non-hydrogen) atoms. The third-order valence-corrected chi connectivity index (χ3v) is 2.45. The summed E-state index contributed by atoms with van der Waals surface area (Å²) < 4.78 is 0. The van der Waals surface area contributed by atoms with Crippen molar-refractivity contribution in [3.63, 3.8) is 0 Å². The van der Waals surface area contributed by atoms with Crippen LogP contribution < -0.4 is 5.32 Å². The predicted octanol–water partition coefficient (Wildman–Crippen LogP) is 3.44. The maximum absolute atomic E-state index is 4.22. The summed E-state index contributed by atoms with van der Waals surface area (Å²) in [7, 11) is 0. The molecular formula is C14H23N3. The van der Waals surface area contributed by atoms with Crippen molar-refractivity contribution in [1.82, 2.24) is 9.97 Å². The van der Waals surface area contributed by atoms with Crippen LogP contribution in [0.5, 0.6) is 0 Å².